The minimum atomic E-state index is -1.36. The standard InChI is InChI=1S/C17H23NO6.C14H19N3O5/c1-5-17(2,3)16(22)18-8-9-24-15(21)12-7-6-11(23-4)10-13(12)14(19)20;1-4-14(2,3)13(21)17-7-8-22-12(20)10-9(11(18)19)15-5-6-16-10/h6-7,10H,5,8-9H2,1-4H3,(H,18,22)(H,19,20);5-6H,4,7-8H2,1-3H3,(H,17,21)(H,18,19). The van der Waals surface area contributed by atoms with Crippen LogP contribution in [0.5, 0.6) is 5.75 Å². The molecule has 0 aliphatic carbocycles. The summed E-state index contributed by atoms with van der Waals surface area (Å²) >= 11 is 0. The van der Waals surface area contributed by atoms with Gasteiger partial charge in [0.2, 0.25) is 11.8 Å². The van der Waals surface area contributed by atoms with Crippen molar-refractivity contribution >= 4 is 35.7 Å². The van der Waals surface area contributed by atoms with Crippen molar-refractivity contribution in [1.82, 2.24) is 20.6 Å². The highest BCUT2D eigenvalue weighted by Crippen LogP contribution is 2.21. The van der Waals surface area contributed by atoms with Crippen LogP contribution in [0.3, 0.4) is 0 Å². The summed E-state index contributed by atoms with van der Waals surface area (Å²) in [6.07, 6.45) is 3.74. The number of aromatic carboxylic acids is 2. The number of hydrogen-bond acceptors (Lipinski definition) is 11. The fourth-order valence-corrected chi connectivity index (χ4v) is 3.21. The number of hydrogen-bond donors (Lipinski definition) is 4. The van der Waals surface area contributed by atoms with Gasteiger partial charge in [-0.25, -0.2) is 29.1 Å². The molecular weight excluding hydrogens is 604 g/mol. The normalized spacial score (nSPS) is 10.8. The summed E-state index contributed by atoms with van der Waals surface area (Å²) in [6.45, 7) is 11.3. The van der Waals surface area contributed by atoms with Crippen LogP contribution in [-0.2, 0) is 19.1 Å². The summed E-state index contributed by atoms with van der Waals surface area (Å²) in [4.78, 5) is 76.9. The minimum Gasteiger partial charge on any atom is -0.497 e. The van der Waals surface area contributed by atoms with E-state index >= 15 is 0 Å². The first-order valence-corrected chi connectivity index (χ1v) is 14.4. The van der Waals surface area contributed by atoms with Crippen LogP contribution in [0.1, 0.15) is 96.1 Å². The number of aromatic nitrogens is 2. The second-order valence-corrected chi connectivity index (χ2v) is 11.0. The molecule has 0 aliphatic rings. The van der Waals surface area contributed by atoms with Gasteiger partial charge in [0.1, 0.15) is 19.0 Å². The Balaban J connectivity index is 0.000000462. The molecule has 1 heterocycles. The van der Waals surface area contributed by atoms with Crippen molar-refractivity contribution < 1.29 is 53.2 Å². The molecule has 46 heavy (non-hydrogen) atoms. The predicted molar refractivity (Wildman–Crippen MR) is 164 cm³/mol. The summed E-state index contributed by atoms with van der Waals surface area (Å²) < 4.78 is 14.9. The molecule has 15 heteroatoms. The molecule has 2 aromatic rings. The summed E-state index contributed by atoms with van der Waals surface area (Å²) in [7, 11) is 1.40. The lowest BCUT2D eigenvalue weighted by atomic mass is 9.89. The zero-order valence-corrected chi connectivity index (χ0v) is 27.1. The molecule has 0 radical (unpaired) electrons. The Morgan fingerprint density at radius 3 is 1.63 bits per heavy atom. The summed E-state index contributed by atoms with van der Waals surface area (Å²) in [5.41, 5.74) is -2.08. The van der Waals surface area contributed by atoms with Crippen LogP contribution in [0.4, 0.5) is 0 Å². The predicted octanol–water partition coefficient (Wildman–Crippen LogP) is 2.99. The smallest absolute Gasteiger partial charge is 0.359 e. The van der Waals surface area contributed by atoms with Crippen LogP contribution in [0, 0.1) is 10.8 Å². The van der Waals surface area contributed by atoms with Gasteiger partial charge in [0, 0.05) is 23.2 Å². The van der Waals surface area contributed by atoms with Crippen molar-refractivity contribution in [2.45, 2.75) is 54.4 Å². The number of esters is 2. The number of benzene rings is 1. The van der Waals surface area contributed by atoms with Gasteiger partial charge in [0.05, 0.1) is 31.3 Å². The van der Waals surface area contributed by atoms with Gasteiger partial charge in [-0.1, -0.05) is 41.5 Å². The van der Waals surface area contributed by atoms with Gasteiger partial charge in [-0.3, -0.25) is 9.59 Å². The third kappa shape index (κ3) is 11.8. The fraction of sp³-hybridized carbons (Fsp3) is 0.484. The zero-order chi connectivity index (χ0) is 35.1. The lowest BCUT2D eigenvalue weighted by Crippen LogP contribution is -2.38. The number of nitrogens with zero attached hydrogens (tertiary/aromatic N) is 2. The third-order valence-corrected chi connectivity index (χ3v) is 7.01. The van der Waals surface area contributed by atoms with Crippen LogP contribution in [0.15, 0.2) is 30.6 Å². The molecule has 15 nitrogen and oxygen atoms in total. The maximum atomic E-state index is 12.0. The van der Waals surface area contributed by atoms with Crippen molar-refractivity contribution in [2.24, 2.45) is 10.8 Å². The Kier molecular flexibility index (Phi) is 15.3. The molecule has 0 saturated heterocycles. The SMILES string of the molecule is CCC(C)(C)C(=O)NCCOC(=O)c1ccc(OC)cc1C(=O)O.CCC(C)(C)C(=O)NCCOC(=O)c1nccnc1C(=O)O. The van der Waals surface area contributed by atoms with E-state index in [1.54, 1.807) is 0 Å². The fourth-order valence-electron chi connectivity index (χ4n) is 3.21. The summed E-state index contributed by atoms with van der Waals surface area (Å²) in [6, 6.07) is 4.07. The Morgan fingerprint density at radius 1 is 0.717 bits per heavy atom. The molecule has 4 N–H and O–H groups in total. The summed E-state index contributed by atoms with van der Waals surface area (Å²) in [5, 5.41) is 23.4. The molecule has 2 rings (SSSR count). The maximum Gasteiger partial charge on any atom is 0.359 e. The van der Waals surface area contributed by atoms with Crippen LogP contribution >= 0.6 is 0 Å². The highest BCUT2D eigenvalue weighted by Gasteiger charge is 2.26. The van der Waals surface area contributed by atoms with Crippen molar-refractivity contribution in [1.29, 1.82) is 0 Å². The monoisotopic (exact) mass is 646 g/mol. The largest absolute Gasteiger partial charge is 0.497 e. The first kappa shape index (κ1) is 38.9. The molecule has 0 unspecified atom stereocenters. The van der Waals surface area contributed by atoms with Gasteiger partial charge in [0.25, 0.3) is 0 Å². The van der Waals surface area contributed by atoms with Crippen molar-refractivity contribution in [2.75, 3.05) is 33.4 Å². The van der Waals surface area contributed by atoms with Gasteiger partial charge >= 0.3 is 23.9 Å². The number of carboxylic acids is 2. The van der Waals surface area contributed by atoms with Gasteiger partial charge in [-0.2, -0.15) is 0 Å². The lowest BCUT2D eigenvalue weighted by molar-refractivity contribution is -0.130. The van der Waals surface area contributed by atoms with Crippen LogP contribution in [0.2, 0.25) is 0 Å². The van der Waals surface area contributed by atoms with Crippen LogP contribution < -0.4 is 15.4 Å². The third-order valence-electron chi connectivity index (χ3n) is 7.01. The van der Waals surface area contributed by atoms with Gasteiger partial charge in [-0.05, 0) is 31.0 Å². The molecule has 0 saturated carbocycles. The molecule has 252 valence electrons. The van der Waals surface area contributed by atoms with Crippen molar-refractivity contribution in [3.05, 3.63) is 53.1 Å². The minimum absolute atomic E-state index is 0.0462. The number of carbonyl (C=O) groups is 6. The van der Waals surface area contributed by atoms with Gasteiger partial charge in [0.15, 0.2) is 11.4 Å². The van der Waals surface area contributed by atoms with E-state index in [0.29, 0.717) is 18.6 Å². The van der Waals surface area contributed by atoms with E-state index in [2.05, 4.69) is 20.6 Å². The Labute approximate surface area is 267 Å². The van der Waals surface area contributed by atoms with E-state index in [1.807, 2.05) is 41.5 Å². The highest BCUT2D eigenvalue weighted by atomic mass is 16.5. The number of amides is 2. The van der Waals surface area contributed by atoms with Crippen molar-refractivity contribution in [3.63, 3.8) is 0 Å². The van der Waals surface area contributed by atoms with E-state index in [0.717, 1.165) is 0 Å². The van der Waals surface area contributed by atoms with Crippen LogP contribution in [-0.4, -0.2) is 89.3 Å². The molecular formula is C31H42N4O11. The average Bonchev–Trinajstić information content (AvgIpc) is 3.04. The van der Waals surface area contributed by atoms with E-state index in [9.17, 15) is 33.9 Å². The second kappa shape index (κ2) is 18.0. The molecule has 1 aromatic heterocycles. The second-order valence-electron chi connectivity index (χ2n) is 11.0. The first-order valence-electron chi connectivity index (χ1n) is 14.4. The van der Waals surface area contributed by atoms with E-state index in [-0.39, 0.29) is 54.9 Å². The number of rotatable bonds is 15. The number of carboxylic acid groups (broad SMARTS) is 2. The average molecular weight is 647 g/mol. The van der Waals surface area contributed by atoms with Crippen LogP contribution in [0.25, 0.3) is 0 Å². The zero-order valence-electron chi connectivity index (χ0n) is 27.1. The lowest BCUT2D eigenvalue weighted by Gasteiger charge is -2.21. The molecule has 0 spiro atoms. The van der Waals surface area contributed by atoms with E-state index in [1.165, 1.54) is 37.7 Å². The topological polar surface area (TPSA) is 220 Å². The number of methoxy groups -OCH3 is 1. The number of ether oxygens (including phenoxy) is 3. The molecule has 0 atom stereocenters. The van der Waals surface area contributed by atoms with Gasteiger partial charge < -0.3 is 35.1 Å². The summed E-state index contributed by atoms with van der Waals surface area (Å²) in [5.74, 6) is -4.21. The van der Waals surface area contributed by atoms with Gasteiger partial charge in [-0.15, -0.1) is 0 Å². The Bertz CT molecular complexity index is 1410. The number of carbonyl (C=O) groups excluding carboxylic acids is 4. The molecule has 2 amide bonds. The first-order chi connectivity index (χ1) is 21.5. The number of nitrogens with one attached hydrogen (secondary N) is 2. The van der Waals surface area contributed by atoms with E-state index in [4.69, 9.17) is 19.3 Å². The molecule has 0 aliphatic heterocycles. The molecule has 0 fully saturated rings. The highest BCUT2D eigenvalue weighted by molar-refractivity contribution is 6.03. The maximum absolute atomic E-state index is 12.0. The van der Waals surface area contributed by atoms with E-state index < -0.39 is 40.4 Å². The molecule has 1 aromatic carbocycles. The Hall–Kier alpha value is -5.08. The Morgan fingerprint density at radius 2 is 1.20 bits per heavy atom. The molecule has 0 bridgehead atoms. The van der Waals surface area contributed by atoms with Crippen molar-refractivity contribution in [3.8, 4) is 5.75 Å². The quantitative estimate of drug-likeness (QED) is 0.162.